The van der Waals surface area contributed by atoms with E-state index in [0.29, 0.717) is 24.4 Å². The molecule has 5 nitrogen and oxygen atoms in total. The Labute approximate surface area is 124 Å². The molecule has 0 saturated carbocycles. The van der Waals surface area contributed by atoms with Crippen molar-refractivity contribution in [1.29, 1.82) is 5.26 Å². The van der Waals surface area contributed by atoms with E-state index < -0.39 is 0 Å². The Morgan fingerprint density at radius 2 is 2.50 bits per heavy atom. The van der Waals surface area contributed by atoms with Crippen LogP contribution >= 0.6 is 23.1 Å². The predicted octanol–water partition coefficient (Wildman–Crippen LogP) is 2.49. The van der Waals surface area contributed by atoms with Crippen LogP contribution < -0.4 is 5.32 Å². The molecule has 2 aromatic rings. The highest BCUT2D eigenvalue weighted by atomic mass is 32.2. The van der Waals surface area contributed by atoms with E-state index in [0.717, 1.165) is 17.5 Å². The summed E-state index contributed by atoms with van der Waals surface area (Å²) in [6, 6.07) is 6.11. The van der Waals surface area contributed by atoms with Gasteiger partial charge in [0.25, 0.3) is 0 Å². The Hall–Kier alpha value is -1.78. The zero-order valence-electron chi connectivity index (χ0n) is 10.6. The van der Waals surface area contributed by atoms with Crippen molar-refractivity contribution in [3.8, 4) is 6.07 Å². The third-order valence-electron chi connectivity index (χ3n) is 3.02. The molecular formula is C13H12N4OS2. The molecule has 3 rings (SSSR count). The molecule has 1 amide bonds. The largest absolute Gasteiger partial charge is 0.308 e. The third-order valence-corrected chi connectivity index (χ3v) is 4.91. The number of amides is 1. The number of nitriles is 1. The van der Waals surface area contributed by atoms with Gasteiger partial charge in [-0.05, 0) is 17.9 Å². The highest BCUT2D eigenvalue weighted by Crippen LogP contribution is 2.30. The fourth-order valence-corrected chi connectivity index (χ4v) is 3.72. The molecule has 2 aromatic heterocycles. The van der Waals surface area contributed by atoms with Gasteiger partial charge in [-0.2, -0.15) is 5.26 Å². The normalized spacial score (nSPS) is 12.9. The first-order valence-corrected chi connectivity index (χ1v) is 8.10. The zero-order valence-corrected chi connectivity index (χ0v) is 12.3. The number of rotatable bonds is 4. The first-order valence-electron chi connectivity index (χ1n) is 6.23. The molecule has 0 saturated heterocycles. The van der Waals surface area contributed by atoms with E-state index in [9.17, 15) is 10.1 Å². The van der Waals surface area contributed by atoms with E-state index >= 15 is 0 Å². The number of thiophene rings is 1. The summed E-state index contributed by atoms with van der Waals surface area (Å²) in [5, 5.41) is 14.8. The summed E-state index contributed by atoms with van der Waals surface area (Å²) in [5.74, 6) is 1.23. The van der Waals surface area contributed by atoms with Gasteiger partial charge in [0.05, 0.1) is 0 Å². The molecule has 1 aliphatic rings. The van der Waals surface area contributed by atoms with Gasteiger partial charge in [-0.3, -0.25) is 4.79 Å². The first kappa shape index (κ1) is 13.2. The van der Waals surface area contributed by atoms with Crippen LogP contribution in [0.5, 0.6) is 0 Å². The molecule has 0 bridgehead atoms. The standard InChI is InChI=1S/C13H12N4OS2/c14-8-10-12(16-13-17(10)5-7-20-13)15-11(18)4-3-9-2-1-6-19-9/h1-2,6H,3-5,7H2,(H,15,18). The van der Waals surface area contributed by atoms with Crippen molar-refractivity contribution in [3.05, 3.63) is 28.1 Å². The molecule has 1 N–H and O–H groups in total. The molecular weight excluding hydrogens is 292 g/mol. The van der Waals surface area contributed by atoms with Crippen molar-refractivity contribution in [2.75, 3.05) is 11.1 Å². The van der Waals surface area contributed by atoms with Crippen LogP contribution in [0.15, 0.2) is 22.7 Å². The molecule has 0 fully saturated rings. The number of thioether (sulfide) groups is 1. The molecule has 0 atom stereocenters. The lowest BCUT2D eigenvalue weighted by atomic mass is 10.2. The number of imidazole rings is 1. The number of aromatic nitrogens is 2. The number of aryl methyl sites for hydroxylation is 1. The highest BCUT2D eigenvalue weighted by Gasteiger charge is 2.22. The minimum absolute atomic E-state index is 0.100. The number of carbonyl (C=O) groups is 1. The minimum atomic E-state index is -0.100. The summed E-state index contributed by atoms with van der Waals surface area (Å²) in [4.78, 5) is 17.4. The fourth-order valence-electron chi connectivity index (χ4n) is 2.06. The molecule has 3 heterocycles. The molecule has 20 heavy (non-hydrogen) atoms. The van der Waals surface area contributed by atoms with Gasteiger partial charge < -0.3 is 9.88 Å². The topological polar surface area (TPSA) is 70.7 Å². The second kappa shape index (κ2) is 5.69. The Morgan fingerprint density at radius 1 is 1.60 bits per heavy atom. The van der Waals surface area contributed by atoms with Crippen molar-refractivity contribution >= 4 is 34.8 Å². The maximum absolute atomic E-state index is 11.9. The number of nitrogens with zero attached hydrogens (tertiary/aromatic N) is 3. The smallest absolute Gasteiger partial charge is 0.225 e. The minimum Gasteiger partial charge on any atom is -0.308 e. The lowest BCUT2D eigenvalue weighted by Gasteiger charge is -2.02. The van der Waals surface area contributed by atoms with Crippen LogP contribution in [0.2, 0.25) is 0 Å². The number of nitrogens with one attached hydrogen (secondary N) is 1. The predicted molar refractivity (Wildman–Crippen MR) is 78.9 cm³/mol. The van der Waals surface area contributed by atoms with Crippen LogP contribution in [0, 0.1) is 11.3 Å². The van der Waals surface area contributed by atoms with Gasteiger partial charge in [0.1, 0.15) is 6.07 Å². The Morgan fingerprint density at radius 3 is 3.25 bits per heavy atom. The molecule has 1 aliphatic heterocycles. The van der Waals surface area contributed by atoms with Crippen LogP contribution in [0.3, 0.4) is 0 Å². The van der Waals surface area contributed by atoms with Crippen molar-refractivity contribution < 1.29 is 4.79 Å². The van der Waals surface area contributed by atoms with Crippen LogP contribution in [0.1, 0.15) is 17.0 Å². The summed E-state index contributed by atoms with van der Waals surface area (Å²) in [6.45, 7) is 0.779. The number of fused-ring (bicyclic) bond motifs is 1. The molecule has 0 radical (unpaired) electrons. The van der Waals surface area contributed by atoms with E-state index in [1.807, 2.05) is 22.1 Å². The molecule has 0 unspecified atom stereocenters. The quantitative estimate of drug-likeness (QED) is 0.942. The van der Waals surface area contributed by atoms with Gasteiger partial charge in [-0.25, -0.2) is 4.98 Å². The zero-order chi connectivity index (χ0) is 13.9. The lowest BCUT2D eigenvalue weighted by molar-refractivity contribution is -0.116. The Kier molecular flexibility index (Phi) is 3.76. The molecule has 102 valence electrons. The second-order valence-electron chi connectivity index (χ2n) is 4.33. The van der Waals surface area contributed by atoms with Crippen molar-refractivity contribution in [3.63, 3.8) is 0 Å². The average Bonchev–Trinajstić information content (AvgIpc) is 3.12. The summed E-state index contributed by atoms with van der Waals surface area (Å²) in [7, 11) is 0. The summed E-state index contributed by atoms with van der Waals surface area (Å²) < 4.78 is 1.86. The highest BCUT2D eigenvalue weighted by molar-refractivity contribution is 7.99. The Bertz CT molecular complexity index is 669. The van der Waals surface area contributed by atoms with Gasteiger partial charge in [0.15, 0.2) is 16.7 Å². The van der Waals surface area contributed by atoms with Gasteiger partial charge in [-0.15, -0.1) is 11.3 Å². The summed E-state index contributed by atoms with van der Waals surface area (Å²) >= 11 is 3.25. The number of carbonyl (C=O) groups excluding carboxylic acids is 1. The second-order valence-corrected chi connectivity index (χ2v) is 6.43. The van der Waals surface area contributed by atoms with E-state index in [1.165, 1.54) is 4.88 Å². The van der Waals surface area contributed by atoms with Crippen molar-refractivity contribution in [2.45, 2.75) is 24.5 Å². The van der Waals surface area contributed by atoms with Crippen LogP contribution in [-0.4, -0.2) is 21.2 Å². The maximum Gasteiger partial charge on any atom is 0.225 e. The number of anilines is 1. The third kappa shape index (κ3) is 2.57. The van der Waals surface area contributed by atoms with Gasteiger partial charge >= 0.3 is 0 Å². The van der Waals surface area contributed by atoms with E-state index in [1.54, 1.807) is 23.1 Å². The SMILES string of the molecule is N#Cc1c(NC(=O)CCc2cccs2)nc2n1CCS2. The summed E-state index contributed by atoms with van der Waals surface area (Å²) in [6.07, 6.45) is 1.12. The van der Waals surface area contributed by atoms with Gasteiger partial charge in [0, 0.05) is 23.6 Å². The number of hydrogen-bond acceptors (Lipinski definition) is 5. The molecule has 7 heteroatoms. The van der Waals surface area contributed by atoms with E-state index in [2.05, 4.69) is 16.4 Å². The molecule has 0 spiro atoms. The van der Waals surface area contributed by atoms with Crippen LogP contribution in [-0.2, 0) is 17.8 Å². The average molecular weight is 304 g/mol. The Balaban J connectivity index is 1.66. The fraction of sp³-hybridized carbons (Fsp3) is 0.308. The van der Waals surface area contributed by atoms with Crippen molar-refractivity contribution in [2.24, 2.45) is 0 Å². The maximum atomic E-state index is 11.9. The number of hydrogen-bond donors (Lipinski definition) is 1. The van der Waals surface area contributed by atoms with Crippen LogP contribution in [0.25, 0.3) is 0 Å². The van der Waals surface area contributed by atoms with Gasteiger partial charge in [0.2, 0.25) is 5.91 Å². The van der Waals surface area contributed by atoms with E-state index in [4.69, 9.17) is 0 Å². The van der Waals surface area contributed by atoms with E-state index in [-0.39, 0.29) is 5.91 Å². The van der Waals surface area contributed by atoms with Gasteiger partial charge in [-0.1, -0.05) is 17.8 Å². The summed E-state index contributed by atoms with van der Waals surface area (Å²) in [5.41, 5.74) is 0.453. The molecule has 0 aromatic carbocycles. The van der Waals surface area contributed by atoms with Crippen LogP contribution in [0.4, 0.5) is 5.82 Å². The monoisotopic (exact) mass is 304 g/mol. The van der Waals surface area contributed by atoms with Crippen molar-refractivity contribution in [1.82, 2.24) is 9.55 Å². The first-order chi connectivity index (χ1) is 9.78. The lowest BCUT2D eigenvalue weighted by Crippen LogP contribution is -2.14. The molecule has 0 aliphatic carbocycles.